The number of H-pyrrole nitrogens is 1. The lowest BCUT2D eigenvalue weighted by Crippen LogP contribution is -2.02. The number of aromatic nitrogens is 2. The Morgan fingerprint density at radius 1 is 1.18 bits per heavy atom. The first kappa shape index (κ1) is 13.8. The summed E-state index contributed by atoms with van der Waals surface area (Å²) >= 11 is 0. The summed E-state index contributed by atoms with van der Waals surface area (Å²) in [5, 5.41) is 0. The molecule has 0 aliphatic carbocycles. The molecule has 0 aliphatic rings. The van der Waals surface area contributed by atoms with Crippen molar-refractivity contribution in [2.24, 2.45) is 0 Å². The first-order valence-electron chi connectivity index (χ1n) is 5.67. The molecule has 2 nitrogen and oxygen atoms in total. The molecule has 2 aromatic rings. The summed E-state index contributed by atoms with van der Waals surface area (Å²) in [4.78, 5) is 7.55. The Hall–Kier alpha value is -1.28. The average molecular weight is 251 g/mol. The van der Waals surface area contributed by atoms with Gasteiger partial charge in [0.2, 0.25) is 0 Å². The number of aryl methyl sites for hydroxylation is 2. The Kier molecular flexibility index (Phi) is 4.35. The lowest BCUT2D eigenvalue weighted by molar-refractivity contribution is 0.859. The Morgan fingerprint density at radius 2 is 1.88 bits per heavy atom. The molecule has 1 unspecified atom stereocenters. The van der Waals surface area contributed by atoms with Crippen LogP contribution in [0.1, 0.15) is 40.9 Å². The standard InChI is InChI=1S/C14H18N2.ClH/c1-9-6-5-7-13(10(9)2)11(3)14-12(4)15-8-16-14;/h5-8,11H,1-4H3,(H,15,16);1H. The molecule has 1 atom stereocenters. The van der Waals surface area contributed by atoms with Crippen LogP contribution in [0.4, 0.5) is 0 Å². The van der Waals surface area contributed by atoms with E-state index in [0.717, 1.165) is 11.4 Å². The van der Waals surface area contributed by atoms with E-state index in [1.807, 2.05) is 0 Å². The Labute approximate surface area is 109 Å². The molecular formula is C14H19ClN2. The van der Waals surface area contributed by atoms with Gasteiger partial charge in [-0.3, -0.25) is 0 Å². The van der Waals surface area contributed by atoms with E-state index in [0.29, 0.717) is 5.92 Å². The van der Waals surface area contributed by atoms with Gasteiger partial charge in [0.25, 0.3) is 0 Å². The number of imidazole rings is 1. The second-order valence-electron chi connectivity index (χ2n) is 4.42. The molecule has 2 rings (SSSR count). The van der Waals surface area contributed by atoms with Crippen molar-refractivity contribution in [3.63, 3.8) is 0 Å². The number of nitrogens with zero attached hydrogens (tertiary/aromatic N) is 1. The minimum absolute atomic E-state index is 0. The van der Waals surface area contributed by atoms with E-state index in [4.69, 9.17) is 0 Å². The molecule has 92 valence electrons. The number of rotatable bonds is 2. The van der Waals surface area contributed by atoms with E-state index in [1.54, 1.807) is 6.33 Å². The maximum Gasteiger partial charge on any atom is 0.0925 e. The summed E-state index contributed by atoms with van der Waals surface area (Å²) in [5.74, 6) is 0.353. The molecule has 0 amide bonds. The maximum absolute atomic E-state index is 4.41. The minimum atomic E-state index is 0. The third kappa shape index (κ3) is 2.52. The van der Waals surface area contributed by atoms with Gasteiger partial charge in [-0.1, -0.05) is 25.1 Å². The predicted molar refractivity (Wildman–Crippen MR) is 74.0 cm³/mol. The summed E-state index contributed by atoms with van der Waals surface area (Å²) in [6, 6.07) is 6.47. The molecule has 0 bridgehead atoms. The fourth-order valence-electron chi connectivity index (χ4n) is 2.20. The molecule has 1 heterocycles. The van der Waals surface area contributed by atoms with Crippen LogP contribution >= 0.6 is 12.4 Å². The Morgan fingerprint density at radius 3 is 2.47 bits per heavy atom. The van der Waals surface area contributed by atoms with Crippen LogP contribution in [0.2, 0.25) is 0 Å². The number of hydrogen-bond donors (Lipinski definition) is 1. The van der Waals surface area contributed by atoms with Crippen LogP contribution in [-0.2, 0) is 0 Å². The normalized spacial score (nSPS) is 12.0. The lowest BCUT2D eigenvalue weighted by atomic mass is 9.91. The van der Waals surface area contributed by atoms with Crippen LogP contribution in [0.5, 0.6) is 0 Å². The Bertz CT molecular complexity index is 503. The first-order valence-corrected chi connectivity index (χ1v) is 5.67. The highest BCUT2D eigenvalue weighted by molar-refractivity contribution is 5.85. The van der Waals surface area contributed by atoms with Crippen molar-refractivity contribution >= 4 is 12.4 Å². The van der Waals surface area contributed by atoms with Crippen molar-refractivity contribution in [1.82, 2.24) is 9.97 Å². The van der Waals surface area contributed by atoms with E-state index < -0.39 is 0 Å². The highest BCUT2D eigenvalue weighted by Crippen LogP contribution is 2.28. The summed E-state index contributed by atoms with van der Waals surface area (Å²) in [7, 11) is 0. The van der Waals surface area contributed by atoms with Gasteiger partial charge in [-0.2, -0.15) is 0 Å². The van der Waals surface area contributed by atoms with Gasteiger partial charge in [-0.25, -0.2) is 4.98 Å². The third-order valence-corrected chi connectivity index (χ3v) is 3.39. The van der Waals surface area contributed by atoms with Crippen molar-refractivity contribution in [2.75, 3.05) is 0 Å². The van der Waals surface area contributed by atoms with E-state index in [1.165, 1.54) is 16.7 Å². The smallest absolute Gasteiger partial charge is 0.0925 e. The van der Waals surface area contributed by atoms with Crippen LogP contribution in [0.25, 0.3) is 0 Å². The monoisotopic (exact) mass is 250 g/mol. The zero-order valence-electron chi connectivity index (χ0n) is 10.7. The van der Waals surface area contributed by atoms with Crippen molar-refractivity contribution in [1.29, 1.82) is 0 Å². The third-order valence-electron chi connectivity index (χ3n) is 3.39. The van der Waals surface area contributed by atoms with Crippen molar-refractivity contribution in [3.05, 3.63) is 52.6 Å². The van der Waals surface area contributed by atoms with Crippen LogP contribution in [0.3, 0.4) is 0 Å². The molecule has 1 aromatic heterocycles. The lowest BCUT2D eigenvalue weighted by Gasteiger charge is -2.15. The number of halogens is 1. The largest absolute Gasteiger partial charge is 0.348 e. The predicted octanol–water partition coefficient (Wildman–Crippen LogP) is 3.91. The number of hydrogen-bond acceptors (Lipinski definition) is 1. The summed E-state index contributed by atoms with van der Waals surface area (Å²) in [6.07, 6.45) is 1.77. The number of aromatic amines is 1. The summed E-state index contributed by atoms with van der Waals surface area (Å²) < 4.78 is 0. The zero-order chi connectivity index (χ0) is 11.7. The summed E-state index contributed by atoms with van der Waals surface area (Å²) in [5.41, 5.74) is 6.40. The molecule has 0 saturated carbocycles. The quantitative estimate of drug-likeness (QED) is 0.860. The number of nitrogens with one attached hydrogen (secondary N) is 1. The molecular weight excluding hydrogens is 232 g/mol. The van der Waals surface area contributed by atoms with Crippen LogP contribution < -0.4 is 0 Å². The van der Waals surface area contributed by atoms with E-state index >= 15 is 0 Å². The second-order valence-corrected chi connectivity index (χ2v) is 4.42. The fraction of sp³-hybridized carbons (Fsp3) is 0.357. The Balaban J connectivity index is 0.00000144. The van der Waals surface area contributed by atoms with Crippen molar-refractivity contribution in [3.8, 4) is 0 Å². The minimum Gasteiger partial charge on any atom is -0.348 e. The van der Waals surface area contributed by atoms with Gasteiger partial charge in [0.05, 0.1) is 12.0 Å². The van der Waals surface area contributed by atoms with Crippen LogP contribution in [0, 0.1) is 20.8 Å². The van der Waals surface area contributed by atoms with Gasteiger partial charge in [0.1, 0.15) is 0 Å². The molecule has 3 heteroatoms. The SMILES string of the molecule is Cc1cccc(C(C)c2nc[nH]c2C)c1C.Cl. The molecule has 0 radical (unpaired) electrons. The van der Waals surface area contributed by atoms with Crippen LogP contribution in [0.15, 0.2) is 24.5 Å². The topological polar surface area (TPSA) is 28.7 Å². The summed E-state index contributed by atoms with van der Waals surface area (Å²) in [6.45, 7) is 8.63. The van der Waals surface area contributed by atoms with Crippen molar-refractivity contribution in [2.45, 2.75) is 33.6 Å². The molecule has 0 saturated heterocycles. The van der Waals surface area contributed by atoms with Crippen LogP contribution in [-0.4, -0.2) is 9.97 Å². The molecule has 0 spiro atoms. The number of benzene rings is 1. The maximum atomic E-state index is 4.41. The molecule has 17 heavy (non-hydrogen) atoms. The second kappa shape index (κ2) is 5.37. The van der Waals surface area contributed by atoms with Gasteiger partial charge >= 0.3 is 0 Å². The zero-order valence-corrected chi connectivity index (χ0v) is 11.6. The van der Waals surface area contributed by atoms with Gasteiger partial charge in [0.15, 0.2) is 0 Å². The fourth-order valence-corrected chi connectivity index (χ4v) is 2.20. The van der Waals surface area contributed by atoms with E-state index in [2.05, 4.69) is 55.9 Å². The molecule has 1 N–H and O–H groups in total. The van der Waals surface area contributed by atoms with Gasteiger partial charge in [0, 0.05) is 11.6 Å². The highest BCUT2D eigenvalue weighted by atomic mass is 35.5. The molecule has 0 fully saturated rings. The van der Waals surface area contributed by atoms with E-state index in [9.17, 15) is 0 Å². The highest BCUT2D eigenvalue weighted by Gasteiger charge is 2.15. The van der Waals surface area contributed by atoms with Gasteiger partial charge in [-0.15, -0.1) is 12.4 Å². The molecule has 0 aliphatic heterocycles. The van der Waals surface area contributed by atoms with Gasteiger partial charge in [-0.05, 0) is 37.5 Å². The van der Waals surface area contributed by atoms with Crippen molar-refractivity contribution < 1.29 is 0 Å². The average Bonchev–Trinajstić information content (AvgIpc) is 2.68. The molecule has 1 aromatic carbocycles. The van der Waals surface area contributed by atoms with Gasteiger partial charge < -0.3 is 4.98 Å². The van der Waals surface area contributed by atoms with E-state index in [-0.39, 0.29) is 12.4 Å². The first-order chi connectivity index (χ1) is 7.61.